The van der Waals surface area contributed by atoms with E-state index in [4.69, 9.17) is 9.47 Å². The van der Waals surface area contributed by atoms with Gasteiger partial charge >= 0.3 is 5.97 Å². The van der Waals surface area contributed by atoms with Gasteiger partial charge in [-0.2, -0.15) is 0 Å². The first-order valence-electron chi connectivity index (χ1n) is 7.93. The summed E-state index contributed by atoms with van der Waals surface area (Å²) in [6, 6.07) is 7.03. The van der Waals surface area contributed by atoms with E-state index < -0.39 is 0 Å². The van der Waals surface area contributed by atoms with Gasteiger partial charge in [0.25, 0.3) is 0 Å². The molecule has 1 aromatic rings. The lowest BCUT2D eigenvalue weighted by atomic mass is 10.1. The molecule has 22 heavy (non-hydrogen) atoms. The summed E-state index contributed by atoms with van der Waals surface area (Å²) in [6.07, 6.45) is 4.68. The predicted octanol–water partition coefficient (Wildman–Crippen LogP) is 2.54. The number of anilines is 1. The van der Waals surface area contributed by atoms with Gasteiger partial charge in [0, 0.05) is 25.3 Å². The van der Waals surface area contributed by atoms with Crippen LogP contribution in [-0.2, 0) is 14.3 Å². The third-order valence-corrected chi connectivity index (χ3v) is 4.16. The summed E-state index contributed by atoms with van der Waals surface area (Å²) in [5, 5.41) is 0. The van der Waals surface area contributed by atoms with Crippen LogP contribution in [0.2, 0.25) is 0 Å². The monoisotopic (exact) mass is 303 g/mol. The van der Waals surface area contributed by atoms with Crippen LogP contribution in [0.4, 0.5) is 5.69 Å². The molecule has 2 aliphatic rings. The minimum absolute atomic E-state index is 0.0270. The Morgan fingerprint density at radius 3 is 2.68 bits per heavy atom. The number of hydrogen-bond donors (Lipinski definition) is 0. The van der Waals surface area contributed by atoms with E-state index in [1.54, 1.807) is 29.2 Å². The Bertz CT molecular complexity index is 534. The molecule has 1 aromatic carbocycles. The number of benzene rings is 1. The van der Waals surface area contributed by atoms with Gasteiger partial charge in [-0.1, -0.05) is 0 Å². The van der Waals surface area contributed by atoms with E-state index >= 15 is 0 Å². The van der Waals surface area contributed by atoms with Crippen LogP contribution in [0, 0.1) is 0 Å². The van der Waals surface area contributed by atoms with Gasteiger partial charge in [0.2, 0.25) is 5.91 Å². The minimum atomic E-state index is -0.339. The highest BCUT2D eigenvalue weighted by atomic mass is 16.6. The van der Waals surface area contributed by atoms with Crippen LogP contribution in [-0.4, -0.2) is 37.7 Å². The molecule has 0 saturated carbocycles. The molecule has 5 heteroatoms. The largest absolute Gasteiger partial charge is 0.459 e. The molecule has 2 heterocycles. The van der Waals surface area contributed by atoms with E-state index in [1.807, 2.05) is 0 Å². The van der Waals surface area contributed by atoms with Crippen LogP contribution in [0.3, 0.4) is 0 Å². The second-order valence-corrected chi connectivity index (χ2v) is 5.78. The Balaban J connectivity index is 1.55. The molecule has 0 aliphatic carbocycles. The molecule has 0 aromatic heterocycles. The maximum absolute atomic E-state index is 12.0. The van der Waals surface area contributed by atoms with Crippen LogP contribution in [0.15, 0.2) is 24.3 Å². The number of esters is 1. The molecule has 0 spiro atoms. The van der Waals surface area contributed by atoms with Gasteiger partial charge in [0.05, 0.1) is 11.7 Å². The topological polar surface area (TPSA) is 55.8 Å². The Kier molecular flexibility index (Phi) is 4.73. The van der Waals surface area contributed by atoms with E-state index in [0.29, 0.717) is 18.6 Å². The maximum atomic E-state index is 12.0. The van der Waals surface area contributed by atoms with E-state index in [2.05, 4.69) is 0 Å². The van der Waals surface area contributed by atoms with Crippen LogP contribution in [0.5, 0.6) is 0 Å². The van der Waals surface area contributed by atoms with Gasteiger partial charge in [0.15, 0.2) is 0 Å². The average Bonchev–Trinajstić information content (AvgIpc) is 3.00. The van der Waals surface area contributed by atoms with Gasteiger partial charge in [-0.3, -0.25) is 4.79 Å². The Morgan fingerprint density at radius 1 is 1.23 bits per heavy atom. The second-order valence-electron chi connectivity index (χ2n) is 5.78. The third kappa shape index (κ3) is 3.47. The van der Waals surface area contributed by atoms with Crippen LogP contribution >= 0.6 is 0 Å². The molecule has 3 rings (SSSR count). The molecule has 1 atom stereocenters. The summed E-state index contributed by atoms with van der Waals surface area (Å²) in [5.41, 5.74) is 1.35. The maximum Gasteiger partial charge on any atom is 0.338 e. The first kappa shape index (κ1) is 15.0. The number of carbonyl (C=O) groups excluding carboxylic acids is 2. The van der Waals surface area contributed by atoms with Crippen molar-refractivity contribution in [3.63, 3.8) is 0 Å². The molecule has 2 saturated heterocycles. The zero-order valence-electron chi connectivity index (χ0n) is 12.6. The van der Waals surface area contributed by atoms with Crippen molar-refractivity contribution in [2.75, 3.05) is 24.7 Å². The van der Waals surface area contributed by atoms with Crippen LogP contribution < -0.4 is 4.90 Å². The molecular formula is C17H21NO4. The molecule has 2 aliphatic heterocycles. The summed E-state index contributed by atoms with van der Waals surface area (Å²) in [5.74, 6) is -0.196. The predicted molar refractivity (Wildman–Crippen MR) is 81.9 cm³/mol. The number of rotatable bonds is 4. The lowest BCUT2D eigenvalue weighted by Gasteiger charge is -2.22. The lowest BCUT2D eigenvalue weighted by molar-refractivity contribution is -0.117. The van der Waals surface area contributed by atoms with Crippen molar-refractivity contribution >= 4 is 17.6 Å². The molecule has 1 amide bonds. The quantitative estimate of drug-likeness (QED) is 0.802. The summed E-state index contributed by atoms with van der Waals surface area (Å²) in [7, 11) is 0. The van der Waals surface area contributed by atoms with Gasteiger partial charge in [-0.25, -0.2) is 4.79 Å². The smallest absolute Gasteiger partial charge is 0.338 e. The second kappa shape index (κ2) is 6.92. The third-order valence-electron chi connectivity index (χ3n) is 4.16. The minimum Gasteiger partial charge on any atom is -0.459 e. The molecule has 5 nitrogen and oxygen atoms in total. The van der Waals surface area contributed by atoms with Gasteiger partial charge < -0.3 is 14.4 Å². The molecule has 0 radical (unpaired) electrons. The SMILES string of the molecule is O=C(OCC1CCCCO1)c1ccc(N2CCCC2=O)cc1. The first-order valence-corrected chi connectivity index (χ1v) is 7.93. The van der Waals surface area contributed by atoms with Gasteiger partial charge in [-0.15, -0.1) is 0 Å². The van der Waals surface area contributed by atoms with Crippen molar-refractivity contribution in [3.8, 4) is 0 Å². The zero-order valence-corrected chi connectivity index (χ0v) is 12.6. The highest BCUT2D eigenvalue weighted by Gasteiger charge is 2.22. The van der Waals surface area contributed by atoms with Crippen LogP contribution in [0.1, 0.15) is 42.5 Å². The van der Waals surface area contributed by atoms with E-state index in [9.17, 15) is 9.59 Å². The number of amides is 1. The Hall–Kier alpha value is -1.88. The van der Waals surface area contributed by atoms with Crippen molar-refractivity contribution in [1.82, 2.24) is 0 Å². The van der Waals surface area contributed by atoms with Gasteiger partial charge in [0.1, 0.15) is 6.61 Å². The molecular weight excluding hydrogens is 282 g/mol. The number of nitrogens with zero attached hydrogens (tertiary/aromatic N) is 1. The van der Waals surface area contributed by atoms with Crippen molar-refractivity contribution in [3.05, 3.63) is 29.8 Å². The summed E-state index contributed by atoms with van der Waals surface area (Å²) >= 11 is 0. The molecule has 2 fully saturated rings. The summed E-state index contributed by atoms with van der Waals surface area (Å²) in [4.78, 5) is 25.5. The highest BCUT2D eigenvalue weighted by Crippen LogP contribution is 2.22. The molecule has 0 N–H and O–H groups in total. The molecule has 118 valence electrons. The average molecular weight is 303 g/mol. The first-order chi connectivity index (χ1) is 10.7. The number of carbonyl (C=O) groups is 2. The van der Waals surface area contributed by atoms with Crippen molar-refractivity contribution in [1.29, 1.82) is 0 Å². The standard InChI is InChI=1S/C17H21NO4/c19-16-5-3-10-18(16)14-8-6-13(7-9-14)17(20)22-12-15-4-1-2-11-21-15/h6-9,15H,1-5,10-12H2. The summed E-state index contributed by atoms with van der Waals surface area (Å²) < 4.78 is 10.9. The van der Waals surface area contributed by atoms with Gasteiger partial charge in [-0.05, 0) is 49.9 Å². The van der Waals surface area contributed by atoms with Crippen molar-refractivity contribution < 1.29 is 19.1 Å². The van der Waals surface area contributed by atoms with E-state index in [0.717, 1.165) is 44.5 Å². The Morgan fingerprint density at radius 2 is 2.05 bits per heavy atom. The van der Waals surface area contributed by atoms with Crippen molar-refractivity contribution in [2.45, 2.75) is 38.2 Å². The zero-order chi connectivity index (χ0) is 15.4. The number of ether oxygens (including phenoxy) is 2. The molecule has 0 bridgehead atoms. The summed E-state index contributed by atoms with van der Waals surface area (Å²) in [6.45, 7) is 1.81. The number of hydrogen-bond acceptors (Lipinski definition) is 4. The lowest BCUT2D eigenvalue weighted by Crippen LogP contribution is -2.26. The normalized spacial score (nSPS) is 21.9. The Labute approximate surface area is 130 Å². The fourth-order valence-corrected chi connectivity index (χ4v) is 2.89. The van der Waals surface area contributed by atoms with Crippen molar-refractivity contribution in [2.24, 2.45) is 0 Å². The van der Waals surface area contributed by atoms with E-state index in [-0.39, 0.29) is 18.0 Å². The molecule has 1 unspecified atom stereocenters. The van der Waals surface area contributed by atoms with Crippen LogP contribution in [0.25, 0.3) is 0 Å². The van der Waals surface area contributed by atoms with E-state index in [1.165, 1.54) is 0 Å². The fraction of sp³-hybridized carbons (Fsp3) is 0.529. The fourth-order valence-electron chi connectivity index (χ4n) is 2.89. The highest BCUT2D eigenvalue weighted by molar-refractivity contribution is 5.96.